The van der Waals surface area contributed by atoms with E-state index in [4.69, 9.17) is 0 Å². The summed E-state index contributed by atoms with van der Waals surface area (Å²) >= 11 is 1.68. The van der Waals surface area contributed by atoms with Gasteiger partial charge in [0.05, 0.1) is 11.6 Å². The summed E-state index contributed by atoms with van der Waals surface area (Å²) in [7, 11) is 2.08. The van der Waals surface area contributed by atoms with Crippen molar-refractivity contribution in [2.75, 3.05) is 7.05 Å². The van der Waals surface area contributed by atoms with Crippen molar-refractivity contribution in [2.24, 2.45) is 0 Å². The molecule has 0 bridgehead atoms. The zero-order valence-electron chi connectivity index (χ0n) is 8.39. The van der Waals surface area contributed by atoms with Gasteiger partial charge in [0.2, 0.25) is 0 Å². The van der Waals surface area contributed by atoms with Crippen LogP contribution in [-0.2, 0) is 6.54 Å². The van der Waals surface area contributed by atoms with Crippen LogP contribution in [0.25, 0.3) is 0 Å². The summed E-state index contributed by atoms with van der Waals surface area (Å²) < 4.78 is 0. The van der Waals surface area contributed by atoms with Crippen LogP contribution < -0.4 is 0 Å². The zero-order chi connectivity index (χ0) is 9.97. The second kappa shape index (κ2) is 4.38. The summed E-state index contributed by atoms with van der Waals surface area (Å²) in [6.45, 7) is 0.909. The largest absolute Gasteiger partial charge is 0.391 e. The molecule has 4 heteroatoms. The summed E-state index contributed by atoms with van der Waals surface area (Å²) in [5.41, 5.74) is 1.86. The van der Waals surface area contributed by atoms with Crippen molar-refractivity contribution in [2.45, 2.75) is 38.0 Å². The first kappa shape index (κ1) is 10.1. The third kappa shape index (κ3) is 2.13. The molecule has 1 fully saturated rings. The normalized spacial score (nSPS) is 27.4. The lowest BCUT2D eigenvalue weighted by molar-refractivity contribution is 0.0830. The Bertz CT molecular complexity index is 276. The molecule has 1 aromatic heterocycles. The summed E-state index contributed by atoms with van der Waals surface area (Å²) in [6, 6.07) is 0.345. The lowest BCUT2D eigenvalue weighted by Gasteiger charge is -2.26. The van der Waals surface area contributed by atoms with Gasteiger partial charge in [0, 0.05) is 23.7 Å². The Balaban J connectivity index is 1.92. The first-order chi connectivity index (χ1) is 6.77. The summed E-state index contributed by atoms with van der Waals surface area (Å²) in [5.74, 6) is 0. The molecule has 0 saturated heterocycles. The molecule has 3 nitrogen and oxygen atoms in total. The summed E-state index contributed by atoms with van der Waals surface area (Å²) in [5, 5.41) is 9.73. The van der Waals surface area contributed by atoms with E-state index in [-0.39, 0.29) is 6.10 Å². The second-order valence-corrected chi connectivity index (χ2v) is 4.92. The van der Waals surface area contributed by atoms with Crippen LogP contribution in [0.1, 0.15) is 24.1 Å². The average Bonchev–Trinajstić information content (AvgIpc) is 2.75. The number of aliphatic hydroxyl groups excluding tert-OH is 1. The van der Waals surface area contributed by atoms with Crippen molar-refractivity contribution in [1.82, 2.24) is 9.88 Å². The van der Waals surface area contributed by atoms with E-state index in [9.17, 15) is 5.11 Å². The van der Waals surface area contributed by atoms with Gasteiger partial charge in [-0.2, -0.15) is 0 Å². The molecule has 1 saturated carbocycles. The molecule has 0 aliphatic heterocycles. The maximum atomic E-state index is 9.73. The van der Waals surface area contributed by atoms with Crippen LogP contribution >= 0.6 is 11.3 Å². The van der Waals surface area contributed by atoms with Gasteiger partial charge in [-0.05, 0) is 26.3 Å². The first-order valence-electron chi connectivity index (χ1n) is 5.03. The van der Waals surface area contributed by atoms with Gasteiger partial charge < -0.3 is 5.11 Å². The molecule has 78 valence electrons. The highest BCUT2D eigenvalue weighted by molar-refractivity contribution is 7.09. The fraction of sp³-hybridized carbons (Fsp3) is 0.700. The van der Waals surface area contributed by atoms with E-state index in [1.165, 1.54) is 4.88 Å². The lowest BCUT2D eigenvalue weighted by Crippen LogP contribution is -2.36. The fourth-order valence-electron chi connectivity index (χ4n) is 2.12. The fourth-order valence-corrected chi connectivity index (χ4v) is 2.78. The molecule has 2 atom stereocenters. The van der Waals surface area contributed by atoms with Crippen molar-refractivity contribution in [3.63, 3.8) is 0 Å². The predicted molar refractivity (Wildman–Crippen MR) is 57.2 cm³/mol. The Morgan fingerprint density at radius 2 is 2.50 bits per heavy atom. The molecular formula is C10H16N2OS. The summed E-state index contributed by atoms with van der Waals surface area (Å²) in [6.07, 6.45) is 5.00. The molecule has 2 rings (SSSR count). The van der Waals surface area contributed by atoms with E-state index in [1.807, 2.05) is 11.7 Å². The van der Waals surface area contributed by atoms with Gasteiger partial charge in [-0.15, -0.1) is 11.3 Å². The van der Waals surface area contributed by atoms with Crippen LogP contribution in [0.5, 0.6) is 0 Å². The maximum absolute atomic E-state index is 9.73. The SMILES string of the molecule is CN(Cc1cncs1)C1CCCC1O. The van der Waals surface area contributed by atoms with Crippen LogP contribution in [0.3, 0.4) is 0 Å². The number of likely N-dealkylation sites (N-methyl/N-ethyl adjacent to an activating group) is 1. The minimum absolute atomic E-state index is 0.132. The highest BCUT2D eigenvalue weighted by Crippen LogP contribution is 2.24. The van der Waals surface area contributed by atoms with E-state index in [2.05, 4.69) is 16.9 Å². The summed E-state index contributed by atoms with van der Waals surface area (Å²) in [4.78, 5) is 7.56. The Hall–Kier alpha value is -0.450. The predicted octanol–water partition coefficient (Wildman–Crippen LogP) is 1.49. The molecule has 2 unspecified atom stereocenters. The number of thiazole rings is 1. The monoisotopic (exact) mass is 212 g/mol. The molecule has 0 aromatic carbocycles. The van der Waals surface area contributed by atoms with E-state index in [0.717, 1.165) is 25.8 Å². The van der Waals surface area contributed by atoms with Gasteiger partial charge in [-0.25, -0.2) is 0 Å². The minimum atomic E-state index is -0.132. The molecular weight excluding hydrogens is 196 g/mol. The van der Waals surface area contributed by atoms with Crippen LogP contribution in [0, 0.1) is 0 Å². The van der Waals surface area contributed by atoms with Crippen LogP contribution in [0.2, 0.25) is 0 Å². The molecule has 1 aliphatic carbocycles. The van der Waals surface area contributed by atoms with Crippen molar-refractivity contribution < 1.29 is 5.11 Å². The van der Waals surface area contributed by atoms with E-state index >= 15 is 0 Å². The Morgan fingerprint density at radius 3 is 3.07 bits per heavy atom. The maximum Gasteiger partial charge on any atom is 0.0794 e. The Labute approximate surface area is 88.4 Å². The third-order valence-corrected chi connectivity index (χ3v) is 3.66. The molecule has 1 N–H and O–H groups in total. The average molecular weight is 212 g/mol. The van der Waals surface area contributed by atoms with E-state index in [0.29, 0.717) is 6.04 Å². The van der Waals surface area contributed by atoms with Crippen molar-refractivity contribution in [3.8, 4) is 0 Å². The molecule has 0 spiro atoms. The number of nitrogens with zero attached hydrogens (tertiary/aromatic N) is 2. The number of hydrogen-bond donors (Lipinski definition) is 1. The molecule has 14 heavy (non-hydrogen) atoms. The van der Waals surface area contributed by atoms with Crippen LogP contribution in [0.15, 0.2) is 11.7 Å². The Kier molecular flexibility index (Phi) is 3.15. The zero-order valence-corrected chi connectivity index (χ0v) is 9.20. The third-order valence-electron chi connectivity index (χ3n) is 2.90. The molecule has 1 heterocycles. The topological polar surface area (TPSA) is 36.4 Å². The van der Waals surface area contributed by atoms with Crippen LogP contribution in [-0.4, -0.2) is 34.2 Å². The molecule has 1 aliphatic rings. The number of aliphatic hydroxyl groups is 1. The highest BCUT2D eigenvalue weighted by atomic mass is 32.1. The lowest BCUT2D eigenvalue weighted by atomic mass is 10.2. The quantitative estimate of drug-likeness (QED) is 0.824. The molecule has 0 amide bonds. The molecule has 1 aromatic rings. The number of rotatable bonds is 3. The van der Waals surface area contributed by atoms with E-state index in [1.54, 1.807) is 11.3 Å². The van der Waals surface area contributed by atoms with Crippen molar-refractivity contribution >= 4 is 11.3 Å². The molecule has 0 radical (unpaired) electrons. The van der Waals surface area contributed by atoms with Crippen LogP contribution in [0.4, 0.5) is 0 Å². The van der Waals surface area contributed by atoms with Gasteiger partial charge in [-0.1, -0.05) is 0 Å². The van der Waals surface area contributed by atoms with Gasteiger partial charge in [0.1, 0.15) is 0 Å². The van der Waals surface area contributed by atoms with E-state index < -0.39 is 0 Å². The smallest absolute Gasteiger partial charge is 0.0794 e. The minimum Gasteiger partial charge on any atom is -0.391 e. The second-order valence-electron chi connectivity index (χ2n) is 3.95. The van der Waals surface area contributed by atoms with Gasteiger partial charge in [0.25, 0.3) is 0 Å². The van der Waals surface area contributed by atoms with Crippen molar-refractivity contribution in [1.29, 1.82) is 0 Å². The number of aromatic nitrogens is 1. The van der Waals surface area contributed by atoms with Crippen molar-refractivity contribution in [3.05, 3.63) is 16.6 Å². The number of hydrogen-bond acceptors (Lipinski definition) is 4. The first-order valence-corrected chi connectivity index (χ1v) is 5.91. The standard InChI is InChI=1S/C10H16N2OS/c1-12(6-8-5-11-7-14-8)9-3-2-4-10(9)13/h5,7,9-10,13H,2-4,6H2,1H3. The van der Waals surface area contributed by atoms with Gasteiger partial charge in [0.15, 0.2) is 0 Å². The highest BCUT2D eigenvalue weighted by Gasteiger charge is 2.28. The van der Waals surface area contributed by atoms with Gasteiger partial charge in [-0.3, -0.25) is 9.88 Å². The Morgan fingerprint density at radius 1 is 1.64 bits per heavy atom. The van der Waals surface area contributed by atoms with Gasteiger partial charge >= 0.3 is 0 Å².